The highest BCUT2D eigenvalue weighted by Crippen LogP contribution is 2.30. The van der Waals surface area contributed by atoms with Crippen molar-refractivity contribution < 1.29 is 14.9 Å². The lowest BCUT2D eigenvalue weighted by Gasteiger charge is -2.16. The molecule has 0 bridgehead atoms. The van der Waals surface area contributed by atoms with Gasteiger partial charge < -0.3 is 20.7 Å². The van der Waals surface area contributed by atoms with E-state index in [0.717, 1.165) is 5.56 Å². The van der Waals surface area contributed by atoms with Crippen molar-refractivity contribution >= 4 is 17.2 Å². The SMILES string of the molecule is Nc1nc(=O)n([C@H]2C[C@H](O)[C@@H](CO)O2)cc1-c1ccsc1. The summed E-state index contributed by atoms with van der Waals surface area (Å²) in [6.45, 7) is -0.299. The number of aromatic nitrogens is 2. The molecular formula is C13H15N3O4S. The van der Waals surface area contributed by atoms with Crippen molar-refractivity contribution in [2.75, 3.05) is 12.3 Å². The quantitative estimate of drug-likeness (QED) is 0.747. The summed E-state index contributed by atoms with van der Waals surface area (Å²) in [5.41, 5.74) is 6.78. The van der Waals surface area contributed by atoms with Gasteiger partial charge in [0.2, 0.25) is 0 Å². The molecule has 3 heterocycles. The molecular weight excluding hydrogens is 294 g/mol. The Morgan fingerprint density at radius 2 is 2.38 bits per heavy atom. The summed E-state index contributed by atoms with van der Waals surface area (Å²) in [4.78, 5) is 15.8. The molecule has 112 valence electrons. The van der Waals surface area contributed by atoms with E-state index in [1.807, 2.05) is 16.8 Å². The van der Waals surface area contributed by atoms with Gasteiger partial charge in [-0.3, -0.25) is 4.57 Å². The summed E-state index contributed by atoms with van der Waals surface area (Å²) in [6, 6.07) is 1.88. The predicted octanol–water partition coefficient (Wildman–Crippen LogP) is 0.195. The molecule has 2 aromatic heterocycles. The van der Waals surface area contributed by atoms with Crippen LogP contribution >= 0.6 is 11.3 Å². The Morgan fingerprint density at radius 1 is 1.57 bits per heavy atom. The van der Waals surface area contributed by atoms with Crippen molar-refractivity contribution in [2.24, 2.45) is 0 Å². The number of ether oxygens (including phenoxy) is 1. The molecule has 0 amide bonds. The lowest BCUT2D eigenvalue weighted by atomic mass is 10.1. The Bertz CT molecular complexity index is 685. The molecule has 1 aliphatic rings. The summed E-state index contributed by atoms with van der Waals surface area (Å²) in [6.07, 6.45) is -0.350. The molecule has 8 heteroatoms. The van der Waals surface area contributed by atoms with E-state index in [1.165, 1.54) is 15.9 Å². The minimum absolute atomic E-state index is 0.159. The third-order valence-corrected chi connectivity index (χ3v) is 4.19. The van der Waals surface area contributed by atoms with Crippen LogP contribution in [0.1, 0.15) is 12.6 Å². The summed E-state index contributed by atoms with van der Waals surface area (Å²) in [7, 11) is 0. The van der Waals surface area contributed by atoms with Gasteiger partial charge in [-0.15, -0.1) is 0 Å². The molecule has 0 spiro atoms. The Labute approximate surface area is 124 Å². The minimum Gasteiger partial charge on any atom is -0.394 e. The number of hydrogen-bond donors (Lipinski definition) is 3. The molecule has 0 aliphatic carbocycles. The third-order valence-electron chi connectivity index (χ3n) is 3.51. The van der Waals surface area contributed by atoms with Gasteiger partial charge in [0.25, 0.3) is 0 Å². The van der Waals surface area contributed by atoms with Crippen LogP contribution in [0.15, 0.2) is 27.8 Å². The van der Waals surface area contributed by atoms with Crippen LogP contribution in [-0.2, 0) is 4.74 Å². The molecule has 0 saturated carbocycles. The Balaban J connectivity index is 2.00. The molecule has 1 fully saturated rings. The van der Waals surface area contributed by atoms with Crippen LogP contribution in [0, 0.1) is 0 Å². The van der Waals surface area contributed by atoms with Gasteiger partial charge in [-0.1, -0.05) is 0 Å². The maximum Gasteiger partial charge on any atom is 0.351 e. The second-order valence-corrected chi connectivity index (χ2v) is 5.64. The highest BCUT2D eigenvalue weighted by atomic mass is 32.1. The largest absolute Gasteiger partial charge is 0.394 e. The van der Waals surface area contributed by atoms with E-state index in [2.05, 4.69) is 4.98 Å². The Hall–Kier alpha value is -1.74. The fourth-order valence-corrected chi connectivity index (χ4v) is 3.03. The van der Waals surface area contributed by atoms with E-state index in [0.29, 0.717) is 5.56 Å². The van der Waals surface area contributed by atoms with Crippen LogP contribution in [-0.4, -0.2) is 38.6 Å². The smallest absolute Gasteiger partial charge is 0.351 e. The number of aliphatic hydroxyl groups is 2. The number of nitrogen functional groups attached to an aromatic ring is 1. The molecule has 3 rings (SSSR count). The fourth-order valence-electron chi connectivity index (χ4n) is 2.38. The van der Waals surface area contributed by atoms with E-state index < -0.39 is 24.1 Å². The highest BCUT2D eigenvalue weighted by molar-refractivity contribution is 7.08. The normalized spacial score (nSPS) is 25.3. The maximum atomic E-state index is 12.0. The summed E-state index contributed by atoms with van der Waals surface area (Å²) in [5, 5.41) is 22.7. The number of hydrogen-bond acceptors (Lipinski definition) is 7. The van der Waals surface area contributed by atoms with E-state index in [9.17, 15) is 9.90 Å². The molecule has 0 radical (unpaired) electrons. The molecule has 0 unspecified atom stereocenters. The number of rotatable bonds is 3. The first-order chi connectivity index (χ1) is 10.1. The molecule has 3 atom stereocenters. The van der Waals surface area contributed by atoms with Crippen molar-refractivity contribution in [1.29, 1.82) is 0 Å². The average molecular weight is 309 g/mol. The maximum absolute atomic E-state index is 12.0. The minimum atomic E-state index is -0.811. The van der Waals surface area contributed by atoms with Crippen molar-refractivity contribution in [3.05, 3.63) is 33.5 Å². The first-order valence-electron chi connectivity index (χ1n) is 6.45. The first-order valence-corrected chi connectivity index (χ1v) is 7.40. The zero-order chi connectivity index (χ0) is 15.0. The van der Waals surface area contributed by atoms with Gasteiger partial charge in [-0.05, 0) is 22.4 Å². The monoisotopic (exact) mass is 309 g/mol. The van der Waals surface area contributed by atoms with Gasteiger partial charge in [-0.2, -0.15) is 16.3 Å². The molecule has 2 aromatic rings. The molecule has 7 nitrogen and oxygen atoms in total. The van der Waals surface area contributed by atoms with E-state index in [4.69, 9.17) is 15.6 Å². The first kappa shape index (κ1) is 14.2. The third kappa shape index (κ3) is 2.58. The lowest BCUT2D eigenvalue weighted by molar-refractivity contribution is -0.0458. The second-order valence-electron chi connectivity index (χ2n) is 4.86. The zero-order valence-electron chi connectivity index (χ0n) is 11.0. The van der Waals surface area contributed by atoms with Crippen molar-refractivity contribution in [3.63, 3.8) is 0 Å². The molecule has 1 saturated heterocycles. The predicted molar refractivity (Wildman–Crippen MR) is 77.8 cm³/mol. The van der Waals surface area contributed by atoms with Gasteiger partial charge >= 0.3 is 5.69 Å². The average Bonchev–Trinajstić information content (AvgIpc) is 3.08. The van der Waals surface area contributed by atoms with Crippen LogP contribution < -0.4 is 11.4 Å². The van der Waals surface area contributed by atoms with Gasteiger partial charge in [0.1, 0.15) is 18.1 Å². The Kier molecular flexibility index (Phi) is 3.77. The van der Waals surface area contributed by atoms with Crippen molar-refractivity contribution in [1.82, 2.24) is 9.55 Å². The summed E-state index contributed by atoms with van der Waals surface area (Å²) in [5.74, 6) is 0.159. The highest BCUT2D eigenvalue weighted by Gasteiger charge is 2.35. The van der Waals surface area contributed by atoms with Gasteiger partial charge in [-0.25, -0.2) is 4.79 Å². The van der Waals surface area contributed by atoms with Gasteiger partial charge in [0, 0.05) is 18.2 Å². The molecule has 1 aliphatic heterocycles. The second kappa shape index (κ2) is 5.57. The summed E-state index contributed by atoms with van der Waals surface area (Å²) < 4.78 is 6.79. The number of anilines is 1. The summed E-state index contributed by atoms with van der Waals surface area (Å²) >= 11 is 1.51. The van der Waals surface area contributed by atoms with E-state index in [1.54, 1.807) is 6.20 Å². The van der Waals surface area contributed by atoms with Gasteiger partial charge in [0.05, 0.1) is 12.7 Å². The number of thiophene rings is 1. The van der Waals surface area contributed by atoms with Crippen LogP contribution in [0.2, 0.25) is 0 Å². The molecule has 0 aromatic carbocycles. The van der Waals surface area contributed by atoms with Gasteiger partial charge in [0.15, 0.2) is 0 Å². The topological polar surface area (TPSA) is 111 Å². The lowest BCUT2D eigenvalue weighted by Crippen LogP contribution is -2.28. The zero-order valence-corrected chi connectivity index (χ0v) is 11.9. The number of nitrogens with two attached hydrogens (primary N) is 1. The van der Waals surface area contributed by atoms with Crippen molar-refractivity contribution in [2.45, 2.75) is 24.9 Å². The standard InChI is InChI=1S/C13H15N3O4S/c14-12-8(7-1-2-21-6-7)4-16(13(19)15-12)11-3-9(18)10(5-17)20-11/h1-2,4,6,9-11,17-18H,3,5H2,(H2,14,15,19)/t9-,10+,11+/m0/s1. The fraction of sp³-hybridized carbons (Fsp3) is 0.385. The van der Waals surface area contributed by atoms with Crippen LogP contribution in [0.5, 0.6) is 0 Å². The van der Waals surface area contributed by atoms with E-state index >= 15 is 0 Å². The molecule has 21 heavy (non-hydrogen) atoms. The van der Waals surface area contributed by atoms with Crippen molar-refractivity contribution in [3.8, 4) is 11.1 Å². The Morgan fingerprint density at radius 3 is 3.00 bits per heavy atom. The van der Waals surface area contributed by atoms with Crippen LogP contribution in [0.4, 0.5) is 5.82 Å². The van der Waals surface area contributed by atoms with Crippen LogP contribution in [0.25, 0.3) is 11.1 Å². The number of nitrogens with zero attached hydrogens (tertiary/aromatic N) is 2. The molecule has 4 N–H and O–H groups in total. The van der Waals surface area contributed by atoms with E-state index in [-0.39, 0.29) is 18.8 Å². The number of aliphatic hydroxyl groups excluding tert-OH is 2. The van der Waals surface area contributed by atoms with Crippen LogP contribution in [0.3, 0.4) is 0 Å².